The minimum Gasteiger partial charge on any atom is -0.284 e. The number of hydrogen-bond acceptors (Lipinski definition) is 4. The summed E-state index contributed by atoms with van der Waals surface area (Å²) in [5, 5.41) is 0. The van der Waals surface area contributed by atoms with E-state index in [1.807, 2.05) is 0 Å². The molecule has 8 heteroatoms. The molecule has 23 heavy (non-hydrogen) atoms. The third kappa shape index (κ3) is 4.08. The van der Waals surface area contributed by atoms with Crippen molar-refractivity contribution in [1.29, 1.82) is 0 Å². The summed E-state index contributed by atoms with van der Waals surface area (Å²) in [6.07, 6.45) is 0.353. The number of hydrogen-bond donors (Lipinski definition) is 2. The molecule has 0 radical (unpaired) electrons. The first kappa shape index (κ1) is 22.8. The SMILES string of the molecule is CCC(C(C)(C)C)C(C(CC)C(C)(C)C)(S(=O)(=O)O)S(=O)(=O)O. The zero-order valence-corrected chi connectivity index (χ0v) is 17.0. The smallest absolute Gasteiger partial charge is 0.284 e. The van der Waals surface area contributed by atoms with Crippen molar-refractivity contribution in [3.8, 4) is 0 Å². The molecule has 0 aliphatic rings. The maximum absolute atomic E-state index is 12.4. The quantitative estimate of drug-likeness (QED) is 0.689. The van der Waals surface area contributed by atoms with Gasteiger partial charge in [0.25, 0.3) is 20.2 Å². The Morgan fingerprint density at radius 1 is 0.696 bits per heavy atom. The lowest BCUT2D eigenvalue weighted by atomic mass is 9.67. The van der Waals surface area contributed by atoms with Crippen LogP contribution in [0.4, 0.5) is 0 Å². The minimum absolute atomic E-state index is 0.176. The van der Waals surface area contributed by atoms with Gasteiger partial charge >= 0.3 is 0 Å². The normalized spacial score (nSPS) is 17.8. The first-order valence-electron chi connectivity index (χ1n) is 7.83. The average Bonchev–Trinajstić information content (AvgIpc) is 2.21. The topological polar surface area (TPSA) is 109 Å². The minimum atomic E-state index is -5.11. The van der Waals surface area contributed by atoms with Gasteiger partial charge in [-0.3, -0.25) is 9.11 Å². The van der Waals surface area contributed by atoms with E-state index in [1.54, 1.807) is 55.4 Å². The first-order chi connectivity index (χ1) is 9.89. The third-order valence-electron chi connectivity index (χ3n) is 4.69. The van der Waals surface area contributed by atoms with Gasteiger partial charge in [0.15, 0.2) is 0 Å². The van der Waals surface area contributed by atoms with E-state index in [4.69, 9.17) is 0 Å². The van der Waals surface area contributed by atoms with Gasteiger partial charge in [-0.15, -0.1) is 0 Å². The first-order valence-corrected chi connectivity index (χ1v) is 10.7. The maximum Gasteiger partial charge on any atom is 0.288 e. The highest BCUT2D eigenvalue weighted by Gasteiger charge is 2.67. The zero-order chi connectivity index (χ0) is 19.1. The van der Waals surface area contributed by atoms with Gasteiger partial charge in [0.1, 0.15) is 0 Å². The molecule has 0 aliphatic carbocycles. The zero-order valence-electron chi connectivity index (χ0n) is 15.4. The molecule has 0 heterocycles. The average molecular weight is 373 g/mol. The maximum atomic E-state index is 12.4. The Morgan fingerprint density at radius 2 is 0.913 bits per heavy atom. The lowest BCUT2D eigenvalue weighted by molar-refractivity contribution is 0.0980. The van der Waals surface area contributed by atoms with E-state index >= 15 is 0 Å². The van der Waals surface area contributed by atoms with E-state index in [-0.39, 0.29) is 12.8 Å². The molecule has 2 atom stereocenters. The van der Waals surface area contributed by atoms with E-state index in [0.717, 1.165) is 0 Å². The molecule has 0 aromatic rings. The van der Waals surface area contributed by atoms with Crippen molar-refractivity contribution in [3.05, 3.63) is 0 Å². The molecule has 140 valence electrons. The Balaban J connectivity index is 7.24. The molecule has 0 spiro atoms. The van der Waals surface area contributed by atoms with Crippen LogP contribution in [-0.4, -0.2) is 30.0 Å². The lowest BCUT2D eigenvalue weighted by Crippen LogP contribution is -2.62. The predicted molar refractivity (Wildman–Crippen MR) is 92.3 cm³/mol. The molecule has 0 fully saturated rings. The molecule has 2 N–H and O–H groups in total. The van der Waals surface area contributed by atoms with Crippen molar-refractivity contribution in [3.63, 3.8) is 0 Å². The summed E-state index contributed by atoms with van der Waals surface area (Å²) in [7, 11) is -10.2. The molecule has 0 rings (SSSR count). The second kappa shape index (κ2) is 6.61. The Hall–Kier alpha value is -0.180. The van der Waals surface area contributed by atoms with Crippen molar-refractivity contribution in [1.82, 2.24) is 0 Å². The Labute approximate surface area is 141 Å². The molecule has 0 saturated carbocycles. The van der Waals surface area contributed by atoms with Crippen LogP contribution in [0, 0.1) is 22.7 Å². The van der Waals surface area contributed by atoms with E-state index in [2.05, 4.69) is 0 Å². The molecule has 2 unspecified atom stereocenters. The second-order valence-corrected chi connectivity index (χ2v) is 11.8. The van der Waals surface area contributed by atoms with E-state index < -0.39 is 47.0 Å². The van der Waals surface area contributed by atoms with E-state index in [9.17, 15) is 25.9 Å². The van der Waals surface area contributed by atoms with Crippen LogP contribution in [0.25, 0.3) is 0 Å². The highest BCUT2D eigenvalue weighted by Crippen LogP contribution is 2.54. The van der Waals surface area contributed by atoms with Gasteiger partial charge in [-0.1, -0.05) is 68.2 Å². The largest absolute Gasteiger partial charge is 0.288 e. The van der Waals surface area contributed by atoms with Crippen LogP contribution in [0.3, 0.4) is 0 Å². The Morgan fingerprint density at radius 3 is 1.00 bits per heavy atom. The number of rotatable bonds is 6. The summed E-state index contributed by atoms with van der Waals surface area (Å²) in [4.78, 5) is 0. The van der Waals surface area contributed by atoms with Gasteiger partial charge < -0.3 is 0 Å². The fourth-order valence-corrected chi connectivity index (χ4v) is 8.68. The fraction of sp³-hybridized carbons (Fsp3) is 1.00. The van der Waals surface area contributed by atoms with Crippen LogP contribution >= 0.6 is 0 Å². The van der Waals surface area contributed by atoms with Gasteiger partial charge in [-0.2, -0.15) is 16.8 Å². The summed E-state index contributed by atoms with van der Waals surface area (Å²) in [6, 6.07) is 0. The standard InChI is InChI=1S/C15H32O6S2/c1-9-11(13(3,4)5)15(22(16,17)18,23(19,20)21)12(10-2)14(6,7)8/h11-12H,9-10H2,1-8H3,(H,16,17,18)(H,19,20,21). The molecule has 0 aromatic heterocycles. The molecule has 0 aliphatic heterocycles. The van der Waals surface area contributed by atoms with Crippen LogP contribution in [0.1, 0.15) is 68.2 Å². The molecule has 0 bridgehead atoms. The van der Waals surface area contributed by atoms with Crippen molar-refractivity contribution in [2.45, 2.75) is 72.3 Å². The van der Waals surface area contributed by atoms with Gasteiger partial charge in [-0.05, 0) is 10.8 Å². The predicted octanol–water partition coefficient (Wildman–Crippen LogP) is 3.60. The van der Waals surface area contributed by atoms with Crippen molar-refractivity contribution in [2.75, 3.05) is 0 Å². The van der Waals surface area contributed by atoms with Crippen LogP contribution in [0.2, 0.25) is 0 Å². The summed E-state index contributed by atoms with van der Waals surface area (Å²) in [6.45, 7) is 13.6. The molecular weight excluding hydrogens is 340 g/mol. The Bertz CT molecular complexity index is 549. The molecule has 0 amide bonds. The van der Waals surface area contributed by atoms with Gasteiger partial charge in [0.05, 0.1) is 0 Å². The summed E-state index contributed by atoms with van der Waals surface area (Å²) < 4.78 is 67.0. The highest BCUT2D eigenvalue weighted by molar-refractivity contribution is 8.05. The van der Waals surface area contributed by atoms with Crippen LogP contribution in [0.5, 0.6) is 0 Å². The van der Waals surface area contributed by atoms with Crippen molar-refractivity contribution < 1.29 is 25.9 Å². The summed E-state index contributed by atoms with van der Waals surface area (Å²) in [5.41, 5.74) is -1.53. The second-order valence-electron chi connectivity index (χ2n) is 8.33. The van der Waals surface area contributed by atoms with Crippen LogP contribution in [-0.2, 0) is 20.2 Å². The van der Waals surface area contributed by atoms with Crippen LogP contribution in [0.15, 0.2) is 0 Å². The highest BCUT2D eigenvalue weighted by atomic mass is 32.3. The van der Waals surface area contributed by atoms with E-state index in [1.165, 1.54) is 0 Å². The van der Waals surface area contributed by atoms with Gasteiger partial charge in [0, 0.05) is 11.8 Å². The third-order valence-corrected chi connectivity index (χ3v) is 8.70. The summed E-state index contributed by atoms with van der Waals surface area (Å²) >= 11 is 0. The van der Waals surface area contributed by atoms with Crippen molar-refractivity contribution >= 4 is 20.2 Å². The molecular formula is C15H32O6S2. The molecule has 0 aromatic carbocycles. The molecule has 6 nitrogen and oxygen atoms in total. The Kier molecular flexibility index (Phi) is 6.56. The monoisotopic (exact) mass is 372 g/mol. The summed E-state index contributed by atoms with van der Waals surface area (Å²) in [5.74, 6) is -1.96. The van der Waals surface area contributed by atoms with Gasteiger partial charge in [0.2, 0.25) is 4.08 Å². The fourth-order valence-electron chi connectivity index (χ4n) is 4.10. The van der Waals surface area contributed by atoms with E-state index in [0.29, 0.717) is 0 Å². The molecule has 0 saturated heterocycles. The lowest BCUT2D eigenvalue weighted by Gasteiger charge is -2.50. The van der Waals surface area contributed by atoms with Crippen molar-refractivity contribution in [2.24, 2.45) is 22.7 Å². The van der Waals surface area contributed by atoms with Gasteiger partial charge in [-0.25, -0.2) is 0 Å². The van der Waals surface area contributed by atoms with Crippen LogP contribution < -0.4 is 0 Å².